The van der Waals surface area contributed by atoms with Crippen molar-refractivity contribution in [2.75, 3.05) is 36.7 Å². The molecular weight excluding hydrogens is 1220 g/mol. The number of alkyl halides is 8. The zero-order chi connectivity index (χ0) is 61.9. The lowest BCUT2D eigenvalue weighted by Crippen LogP contribution is -2.39. The maximum absolute atomic E-state index is 15.7. The number of aromatic nitrogens is 5. The third-order valence-electron chi connectivity index (χ3n) is 12.9. The van der Waals surface area contributed by atoms with Crippen LogP contribution in [0.4, 0.5) is 54.5 Å². The number of carbonyl (C=O) groups excluding carboxylic acids is 3. The van der Waals surface area contributed by atoms with Crippen molar-refractivity contribution in [1.82, 2.24) is 34.8 Å². The second-order valence-corrected chi connectivity index (χ2v) is 25.5. The zero-order valence-electron chi connectivity index (χ0n) is 43.0. The van der Waals surface area contributed by atoms with Gasteiger partial charge in [-0.2, -0.15) is 49.6 Å². The molecule has 2 aromatic carbocycles. The molecule has 83 heavy (non-hydrogen) atoms. The van der Waals surface area contributed by atoms with Crippen molar-refractivity contribution in [3.05, 3.63) is 93.0 Å². The average molecular weight is 1270 g/mol. The number of amides is 3. The summed E-state index contributed by atoms with van der Waals surface area (Å²) in [4.78, 5) is 75.1. The summed E-state index contributed by atoms with van der Waals surface area (Å²) in [5.41, 5.74) is -6.60. The van der Waals surface area contributed by atoms with Crippen LogP contribution in [0.15, 0.2) is 42.5 Å². The number of carboxylic acids is 1. The molecule has 5 aromatic rings. The monoisotopic (exact) mass is 1260 g/mol. The number of rotatable bonds is 20. The number of hydrogen-bond acceptors (Lipinski definition) is 14. The van der Waals surface area contributed by atoms with Crippen molar-refractivity contribution in [3.8, 4) is 23.0 Å². The standard InChI is InChI=1S/C47H44ClF10N8O14PS2/c1-44(2,82(3,75)76)12-11-26-7-8-27(38(59-26)32(16-23-14-24(49)17-25(50)15-23)60-33(67)19-64-41-36(40(61-64)47(56,57)58)29-18-30(29)46(41,54)55)28-9-10-31(48)37-39(28)65(21-45(51,52)53)62-42(37)66(83(4,77)78)34(68)6-5-13-63(20-35(69)70)43(71)79-22-80-81(72,73)74/h7-10,14-15,17,29-30,32H,5-6,13,16,18-22H2,1-4H3,(H,60,67)(H,69,70)(H2,72,73,74)/t29-,30+,32-/m0/s1. The molecule has 0 radical (unpaired) electrons. The molecule has 4 N–H and O–H groups in total. The van der Waals surface area contributed by atoms with Crippen LogP contribution in [-0.2, 0) is 79.7 Å². The minimum Gasteiger partial charge on any atom is -0.480 e. The van der Waals surface area contributed by atoms with Gasteiger partial charge < -0.3 is 24.9 Å². The van der Waals surface area contributed by atoms with Gasteiger partial charge in [-0.25, -0.2) is 44.5 Å². The Morgan fingerprint density at radius 2 is 1.60 bits per heavy atom. The van der Waals surface area contributed by atoms with Crippen molar-refractivity contribution in [3.63, 3.8) is 0 Å². The Bertz CT molecular complexity index is 3790. The Balaban J connectivity index is 1.40. The van der Waals surface area contributed by atoms with Gasteiger partial charge in [-0.3, -0.25) is 28.6 Å². The zero-order valence-corrected chi connectivity index (χ0v) is 46.3. The summed E-state index contributed by atoms with van der Waals surface area (Å²) in [6, 6.07) is 4.22. The summed E-state index contributed by atoms with van der Waals surface area (Å²) in [6.07, 6.45) is -13.5. The number of anilines is 1. The molecule has 0 saturated heterocycles. The third-order valence-corrected chi connectivity index (χ3v) is 16.6. The van der Waals surface area contributed by atoms with E-state index in [1.165, 1.54) is 13.8 Å². The second kappa shape index (κ2) is 22.9. The summed E-state index contributed by atoms with van der Waals surface area (Å²) in [6.45, 7) is -4.38. The highest BCUT2D eigenvalue weighted by Gasteiger charge is 2.68. The number of phosphoric ester groups is 1. The predicted octanol–water partition coefficient (Wildman–Crippen LogP) is 6.95. The topological polar surface area (TPSA) is 300 Å². The number of sulfone groups is 1. The third kappa shape index (κ3) is 14.5. The number of hydrogen-bond donors (Lipinski definition) is 4. The molecule has 3 aromatic heterocycles. The Morgan fingerprint density at radius 1 is 0.964 bits per heavy atom. The van der Waals surface area contributed by atoms with Crippen LogP contribution in [0.1, 0.15) is 79.0 Å². The van der Waals surface area contributed by atoms with Crippen LogP contribution in [-0.4, -0.2) is 128 Å². The quantitative estimate of drug-likeness (QED) is 0.0265. The molecule has 2 aliphatic rings. The normalized spacial score (nSPS) is 16.3. The number of ether oxygens (including phenoxy) is 1. The lowest BCUT2D eigenvalue weighted by molar-refractivity contribution is -0.143. The van der Waals surface area contributed by atoms with E-state index in [-0.39, 0.29) is 31.3 Å². The first-order valence-electron chi connectivity index (χ1n) is 23.7. The van der Waals surface area contributed by atoms with Gasteiger partial charge in [0.25, 0.3) is 5.92 Å². The molecule has 3 atom stereocenters. The highest BCUT2D eigenvalue weighted by Crippen LogP contribution is 2.68. The minimum absolute atomic E-state index is 0.0717. The average Bonchev–Trinajstić information content (AvgIpc) is 1.54. The molecule has 2 aliphatic carbocycles. The van der Waals surface area contributed by atoms with E-state index in [4.69, 9.17) is 21.4 Å². The van der Waals surface area contributed by atoms with Crippen LogP contribution in [0.5, 0.6) is 0 Å². The number of halogens is 11. The fourth-order valence-corrected chi connectivity index (χ4v) is 10.6. The molecule has 3 amide bonds. The first kappa shape index (κ1) is 63.7. The van der Waals surface area contributed by atoms with E-state index in [9.17, 15) is 80.8 Å². The van der Waals surface area contributed by atoms with E-state index in [0.29, 0.717) is 17.2 Å². The highest BCUT2D eigenvalue weighted by molar-refractivity contribution is 7.93. The maximum atomic E-state index is 15.7. The van der Waals surface area contributed by atoms with Gasteiger partial charge in [0.15, 0.2) is 21.3 Å². The van der Waals surface area contributed by atoms with Crippen LogP contribution < -0.4 is 9.62 Å². The molecule has 0 unspecified atom stereocenters. The van der Waals surface area contributed by atoms with E-state index >= 15 is 8.78 Å². The second-order valence-electron chi connectivity index (χ2n) is 19.5. The van der Waals surface area contributed by atoms with E-state index in [0.717, 1.165) is 42.7 Å². The van der Waals surface area contributed by atoms with Gasteiger partial charge in [-0.15, -0.1) is 0 Å². The van der Waals surface area contributed by atoms with E-state index in [2.05, 4.69) is 41.6 Å². The number of benzene rings is 2. The molecule has 0 spiro atoms. The summed E-state index contributed by atoms with van der Waals surface area (Å²) < 4.78 is 219. The van der Waals surface area contributed by atoms with Gasteiger partial charge in [0, 0.05) is 47.9 Å². The van der Waals surface area contributed by atoms with Gasteiger partial charge >= 0.3 is 32.2 Å². The summed E-state index contributed by atoms with van der Waals surface area (Å²) in [5, 5.41) is 17.7. The Labute approximate surface area is 467 Å². The van der Waals surface area contributed by atoms with Gasteiger partial charge in [-0.05, 0) is 80.8 Å². The molecule has 1 saturated carbocycles. The first-order valence-corrected chi connectivity index (χ1v) is 29.4. The van der Waals surface area contributed by atoms with Crippen molar-refractivity contribution in [2.45, 2.75) is 87.6 Å². The molecule has 0 aliphatic heterocycles. The molecule has 22 nitrogen and oxygen atoms in total. The number of aliphatic carboxylic acids is 1. The number of carbonyl (C=O) groups is 4. The molecule has 450 valence electrons. The fourth-order valence-electron chi connectivity index (χ4n) is 9.02. The van der Waals surface area contributed by atoms with Crippen molar-refractivity contribution in [1.29, 1.82) is 0 Å². The summed E-state index contributed by atoms with van der Waals surface area (Å²) in [7, 11) is -14.2. The Kier molecular flexibility index (Phi) is 17.6. The SMILES string of the molecule is CC(C)(C#Cc1ccc(-c2ccc(Cl)c3c(N(C(=O)CCCN(CC(=O)O)C(=O)OCOP(=O)(O)O)S(C)(=O)=O)nn(CC(F)(F)F)c23)c([C@H](Cc2cc(F)cc(F)c2)NC(=O)Cn2nc(C(F)(F)F)c3c2C(F)(F)[C@@H]2C[C@H]32)n1)S(C)(=O)=O. The van der Waals surface area contributed by atoms with Crippen LogP contribution in [0, 0.1) is 29.4 Å². The predicted molar refractivity (Wildman–Crippen MR) is 268 cm³/mol. The van der Waals surface area contributed by atoms with Gasteiger partial charge in [-0.1, -0.05) is 23.6 Å². The minimum atomic E-state index is -5.27. The Hall–Kier alpha value is -6.89. The molecule has 36 heteroatoms. The van der Waals surface area contributed by atoms with Gasteiger partial charge in [0.05, 0.1) is 33.9 Å². The van der Waals surface area contributed by atoms with Crippen LogP contribution in [0.3, 0.4) is 0 Å². The molecule has 0 bridgehead atoms. The van der Waals surface area contributed by atoms with Crippen LogP contribution >= 0.6 is 19.4 Å². The van der Waals surface area contributed by atoms with E-state index < -0.39 is 212 Å². The Morgan fingerprint density at radius 3 is 2.18 bits per heavy atom. The lowest BCUT2D eigenvalue weighted by atomic mass is 9.93. The van der Waals surface area contributed by atoms with Crippen LogP contribution in [0.25, 0.3) is 22.0 Å². The van der Waals surface area contributed by atoms with Crippen molar-refractivity contribution >= 4 is 79.9 Å². The molecule has 7 rings (SSSR count). The largest absolute Gasteiger partial charge is 0.480 e. The van der Waals surface area contributed by atoms with Gasteiger partial charge in [0.1, 0.15) is 47.4 Å². The number of fused-ring (bicyclic) bond motifs is 4. The molecule has 1 fully saturated rings. The maximum Gasteiger partial charge on any atom is 0.472 e. The van der Waals surface area contributed by atoms with E-state index in [1.54, 1.807) is 0 Å². The van der Waals surface area contributed by atoms with Crippen molar-refractivity contribution < 1.29 is 109 Å². The molecular formula is C47H44ClF10N8O14PS2. The van der Waals surface area contributed by atoms with E-state index in [1.807, 2.05) is 0 Å². The van der Waals surface area contributed by atoms with Crippen molar-refractivity contribution in [2.24, 2.45) is 5.92 Å². The number of nitrogens with zero attached hydrogens (tertiary/aromatic N) is 7. The smallest absolute Gasteiger partial charge is 0.472 e. The summed E-state index contributed by atoms with van der Waals surface area (Å²) >= 11 is 6.65. The highest BCUT2D eigenvalue weighted by atomic mass is 35.5. The number of nitrogens with one attached hydrogen (secondary N) is 1. The number of sulfonamides is 1. The lowest BCUT2D eigenvalue weighted by Gasteiger charge is -2.23. The molecule has 3 heterocycles. The number of carboxylic acid groups (broad SMARTS) is 1. The van der Waals surface area contributed by atoms with Gasteiger partial charge in [0.2, 0.25) is 28.6 Å². The summed E-state index contributed by atoms with van der Waals surface area (Å²) in [5.74, 6) is -9.74. The number of phosphoric acid groups is 1. The number of pyridine rings is 1. The van der Waals surface area contributed by atoms with Crippen LogP contribution in [0.2, 0.25) is 5.02 Å². The fraction of sp³-hybridized carbons (Fsp3) is 0.426. The first-order chi connectivity index (χ1) is 38.1.